The molecule has 0 spiro atoms. The highest BCUT2D eigenvalue weighted by Gasteiger charge is 2.20. The molecule has 2 aromatic heterocycles. The Labute approximate surface area is 199 Å². The molecule has 4 heterocycles. The van der Waals surface area contributed by atoms with Gasteiger partial charge in [-0.3, -0.25) is 9.78 Å². The van der Waals surface area contributed by atoms with Gasteiger partial charge in [0.05, 0.1) is 42.7 Å². The molecule has 3 aromatic rings. The standard InChI is InChI=1S/C25H29N7O2/c26-24-23(25(33)30-21-16-27-9-8-22(21)32-12-14-34-15-13-32)29-20(17-28-24)18-4-6-19(7-5-18)31-10-2-1-3-11-31/h4-9,16-17H,1-3,10-15H2,(H2,26,28)(H,30,33). The Morgan fingerprint density at radius 1 is 0.941 bits per heavy atom. The molecular weight excluding hydrogens is 430 g/mol. The van der Waals surface area contributed by atoms with Gasteiger partial charge in [0.1, 0.15) is 0 Å². The van der Waals surface area contributed by atoms with E-state index in [9.17, 15) is 4.79 Å². The second-order valence-corrected chi connectivity index (χ2v) is 8.53. The van der Waals surface area contributed by atoms with Gasteiger partial charge in [-0.25, -0.2) is 9.97 Å². The fraction of sp³-hybridized carbons (Fsp3) is 0.360. The van der Waals surface area contributed by atoms with E-state index < -0.39 is 5.91 Å². The number of nitrogens with one attached hydrogen (secondary N) is 1. The molecule has 2 fully saturated rings. The highest BCUT2D eigenvalue weighted by atomic mass is 16.5. The first-order valence-corrected chi connectivity index (χ1v) is 11.7. The van der Waals surface area contributed by atoms with Crippen LogP contribution in [-0.4, -0.2) is 60.3 Å². The van der Waals surface area contributed by atoms with Gasteiger partial charge in [0.2, 0.25) is 0 Å². The third-order valence-corrected chi connectivity index (χ3v) is 6.30. The molecule has 2 aliphatic heterocycles. The molecule has 3 N–H and O–H groups in total. The summed E-state index contributed by atoms with van der Waals surface area (Å²) in [6.45, 7) is 4.97. The van der Waals surface area contributed by atoms with Crippen molar-refractivity contribution in [3.05, 3.63) is 54.6 Å². The summed E-state index contributed by atoms with van der Waals surface area (Å²) >= 11 is 0. The zero-order chi connectivity index (χ0) is 23.3. The highest BCUT2D eigenvalue weighted by Crippen LogP contribution is 2.27. The molecule has 34 heavy (non-hydrogen) atoms. The first kappa shape index (κ1) is 22.1. The molecule has 9 heteroatoms. The topological polar surface area (TPSA) is 110 Å². The largest absolute Gasteiger partial charge is 0.382 e. The smallest absolute Gasteiger partial charge is 0.278 e. The van der Waals surface area contributed by atoms with Gasteiger partial charge in [-0.05, 0) is 37.5 Å². The fourth-order valence-corrected chi connectivity index (χ4v) is 4.44. The number of carbonyl (C=O) groups is 1. The number of rotatable bonds is 5. The van der Waals surface area contributed by atoms with Crippen LogP contribution >= 0.6 is 0 Å². The van der Waals surface area contributed by atoms with E-state index in [1.807, 2.05) is 18.2 Å². The molecule has 0 atom stereocenters. The van der Waals surface area contributed by atoms with Gasteiger partial charge in [-0.1, -0.05) is 12.1 Å². The second kappa shape index (κ2) is 10.0. The van der Waals surface area contributed by atoms with E-state index >= 15 is 0 Å². The number of hydrogen-bond acceptors (Lipinski definition) is 8. The molecule has 0 radical (unpaired) electrons. The van der Waals surface area contributed by atoms with Crippen molar-refractivity contribution in [1.29, 1.82) is 0 Å². The summed E-state index contributed by atoms with van der Waals surface area (Å²) in [5.74, 6) is -0.331. The van der Waals surface area contributed by atoms with Gasteiger partial charge in [0.25, 0.3) is 5.91 Å². The maximum Gasteiger partial charge on any atom is 0.278 e. The van der Waals surface area contributed by atoms with Crippen molar-refractivity contribution in [2.45, 2.75) is 19.3 Å². The quantitative estimate of drug-likeness (QED) is 0.599. The Bertz CT molecular complexity index is 1140. The van der Waals surface area contributed by atoms with E-state index in [0.29, 0.717) is 24.6 Å². The van der Waals surface area contributed by atoms with E-state index in [1.54, 1.807) is 18.6 Å². The summed E-state index contributed by atoms with van der Waals surface area (Å²) in [7, 11) is 0. The lowest BCUT2D eigenvalue weighted by Gasteiger charge is -2.30. The van der Waals surface area contributed by atoms with Crippen molar-refractivity contribution >= 4 is 28.8 Å². The summed E-state index contributed by atoms with van der Waals surface area (Å²) in [6, 6.07) is 10.1. The first-order valence-electron chi connectivity index (χ1n) is 11.7. The Kier molecular flexibility index (Phi) is 6.53. The number of piperidine rings is 1. The van der Waals surface area contributed by atoms with Crippen molar-refractivity contribution < 1.29 is 9.53 Å². The number of hydrogen-bond donors (Lipinski definition) is 2. The molecule has 5 rings (SSSR count). The number of nitrogen functional groups attached to an aromatic ring is 1. The van der Waals surface area contributed by atoms with E-state index in [-0.39, 0.29) is 11.5 Å². The Morgan fingerprint density at radius 3 is 2.47 bits per heavy atom. The number of nitrogens with zero attached hydrogens (tertiary/aromatic N) is 5. The van der Waals surface area contributed by atoms with Gasteiger partial charge in [-0.15, -0.1) is 0 Å². The average molecular weight is 460 g/mol. The molecule has 9 nitrogen and oxygen atoms in total. The van der Waals surface area contributed by atoms with Crippen LogP contribution in [0, 0.1) is 0 Å². The monoisotopic (exact) mass is 459 g/mol. The molecule has 2 aliphatic rings. The van der Waals surface area contributed by atoms with Crippen molar-refractivity contribution in [2.24, 2.45) is 0 Å². The molecule has 1 amide bonds. The maximum absolute atomic E-state index is 13.1. The van der Waals surface area contributed by atoms with Gasteiger partial charge in [0, 0.05) is 43.6 Å². The van der Waals surface area contributed by atoms with Crippen LogP contribution in [0.5, 0.6) is 0 Å². The third kappa shape index (κ3) is 4.79. The number of anilines is 4. The lowest BCUT2D eigenvalue weighted by atomic mass is 10.1. The normalized spacial score (nSPS) is 16.4. The summed E-state index contributed by atoms with van der Waals surface area (Å²) in [6.07, 6.45) is 8.71. The summed E-state index contributed by atoms with van der Waals surface area (Å²) in [5, 5.41) is 2.92. The molecule has 0 bridgehead atoms. The van der Waals surface area contributed by atoms with E-state index in [0.717, 1.165) is 37.4 Å². The lowest BCUT2D eigenvalue weighted by molar-refractivity contribution is 0.102. The number of morpholine rings is 1. The van der Waals surface area contributed by atoms with Crippen LogP contribution in [0.15, 0.2) is 48.9 Å². The summed E-state index contributed by atoms with van der Waals surface area (Å²) < 4.78 is 5.44. The molecule has 0 unspecified atom stereocenters. The van der Waals surface area contributed by atoms with Crippen LogP contribution < -0.4 is 20.9 Å². The van der Waals surface area contributed by atoms with Crippen LogP contribution in [0.25, 0.3) is 11.3 Å². The van der Waals surface area contributed by atoms with Crippen molar-refractivity contribution in [1.82, 2.24) is 15.0 Å². The number of benzene rings is 1. The summed E-state index contributed by atoms with van der Waals surface area (Å²) in [5.41, 5.74) is 10.3. The Hall–Kier alpha value is -3.72. The molecule has 176 valence electrons. The molecule has 0 aliphatic carbocycles. The number of carbonyl (C=O) groups excluding carboxylic acids is 1. The number of ether oxygens (including phenoxy) is 1. The predicted molar refractivity (Wildman–Crippen MR) is 133 cm³/mol. The minimum Gasteiger partial charge on any atom is -0.382 e. The van der Waals surface area contributed by atoms with Crippen molar-refractivity contribution in [2.75, 3.05) is 60.2 Å². The van der Waals surface area contributed by atoms with E-state index in [2.05, 4.69) is 42.2 Å². The van der Waals surface area contributed by atoms with Crippen molar-refractivity contribution in [3.8, 4) is 11.3 Å². The zero-order valence-electron chi connectivity index (χ0n) is 19.1. The molecule has 2 saturated heterocycles. The third-order valence-electron chi connectivity index (χ3n) is 6.30. The zero-order valence-corrected chi connectivity index (χ0v) is 19.1. The average Bonchev–Trinajstić information content (AvgIpc) is 2.90. The number of nitrogens with two attached hydrogens (primary N) is 1. The van der Waals surface area contributed by atoms with Crippen LogP contribution in [0.3, 0.4) is 0 Å². The predicted octanol–water partition coefficient (Wildman–Crippen LogP) is 3.20. The lowest BCUT2D eigenvalue weighted by Crippen LogP contribution is -2.36. The van der Waals surface area contributed by atoms with E-state index in [1.165, 1.54) is 24.9 Å². The van der Waals surface area contributed by atoms with Gasteiger partial charge in [0.15, 0.2) is 11.5 Å². The number of amides is 1. The first-order chi connectivity index (χ1) is 16.7. The second-order valence-electron chi connectivity index (χ2n) is 8.53. The van der Waals surface area contributed by atoms with Crippen LogP contribution in [0.1, 0.15) is 29.8 Å². The Morgan fingerprint density at radius 2 is 1.71 bits per heavy atom. The highest BCUT2D eigenvalue weighted by molar-refractivity contribution is 6.07. The van der Waals surface area contributed by atoms with Gasteiger partial charge in [-0.2, -0.15) is 0 Å². The van der Waals surface area contributed by atoms with Gasteiger partial charge >= 0.3 is 0 Å². The maximum atomic E-state index is 13.1. The minimum atomic E-state index is -0.417. The van der Waals surface area contributed by atoms with E-state index in [4.69, 9.17) is 10.5 Å². The SMILES string of the molecule is Nc1ncc(-c2ccc(N3CCCCC3)cc2)nc1C(=O)Nc1cnccc1N1CCOCC1. The molecule has 1 aromatic carbocycles. The molecular formula is C25H29N7O2. The number of aromatic nitrogens is 3. The minimum absolute atomic E-state index is 0.0861. The van der Waals surface area contributed by atoms with Crippen molar-refractivity contribution in [3.63, 3.8) is 0 Å². The summed E-state index contributed by atoms with van der Waals surface area (Å²) in [4.78, 5) is 30.7. The molecule has 0 saturated carbocycles. The Balaban J connectivity index is 1.35. The van der Waals surface area contributed by atoms with Crippen LogP contribution in [-0.2, 0) is 4.74 Å². The van der Waals surface area contributed by atoms with Crippen LogP contribution in [0.4, 0.5) is 22.9 Å². The van der Waals surface area contributed by atoms with Crippen LogP contribution in [0.2, 0.25) is 0 Å². The fourth-order valence-electron chi connectivity index (χ4n) is 4.44. The number of pyridine rings is 1. The van der Waals surface area contributed by atoms with Gasteiger partial charge < -0.3 is 25.6 Å².